The molecule has 0 spiro atoms. The smallest absolute Gasteiger partial charge is 0.261 e. The second-order valence-corrected chi connectivity index (χ2v) is 8.91. The van der Waals surface area contributed by atoms with Crippen LogP contribution in [0.3, 0.4) is 0 Å². The molecule has 1 unspecified atom stereocenters. The maximum Gasteiger partial charge on any atom is 0.261 e. The first-order valence-electron chi connectivity index (χ1n) is 12.3. The van der Waals surface area contributed by atoms with E-state index in [0.717, 1.165) is 24.8 Å². The van der Waals surface area contributed by atoms with Crippen LogP contribution < -0.4 is 20.7 Å². The maximum atomic E-state index is 12.8. The molecule has 0 bridgehead atoms. The SMILES string of the molecule is CCCCCCOc1ccccc1C(=O)NC(=S)Nc1cccc(C(=O)NC(C)c2ccccc2)c1. The van der Waals surface area contributed by atoms with Crippen LogP contribution in [0.25, 0.3) is 0 Å². The lowest BCUT2D eigenvalue weighted by molar-refractivity contribution is 0.0937. The standard InChI is InChI=1S/C29H33N3O3S/c1-3-4-5-11-19-35-26-18-10-9-17-25(26)28(34)32-29(36)31-24-16-12-15-23(20-24)27(33)30-21(2)22-13-7-6-8-14-22/h6-10,12-18,20-21H,3-5,11,19H2,1-2H3,(H,30,33)(H2,31,32,34,36). The van der Waals surface area contributed by atoms with E-state index in [1.165, 1.54) is 6.42 Å². The van der Waals surface area contributed by atoms with E-state index in [1.807, 2.05) is 43.3 Å². The molecule has 0 radical (unpaired) electrons. The quantitative estimate of drug-likeness (QED) is 0.212. The summed E-state index contributed by atoms with van der Waals surface area (Å²) in [6, 6.07) is 23.7. The number of unbranched alkanes of at least 4 members (excludes halogenated alkanes) is 3. The normalized spacial score (nSPS) is 11.3. The lowest BCUT2D eigenvalue weighted by Gasteiger charge is -2.15. The minimum Gasteiger partial charge on any atom is -0.493 e. The number of para-hydroxylation sites is 1. The fraction of sp³-hybridized carbons (Fsp3) is 0.276. The van der Waals surface area contributed by atoms with E-state index in [-0.39, 0.29) is 23.0 Å². The maximum absolute atomic E-state index is 12.8. The van der Waals surface area contributed by atoms with Crippen molar-refractivity contribution in [3.05, 3.63) is 95.6 Å². The van der Waals surface area contributed by atoms with Gasteiger partial charge in [-0.05, 0) is 61.5 Å². The van der Waals surface area contributed by atoms with Gasteiger partial charge >= 0.3 is 0 Å². The summed E-state index contributed by atoms with van der Waals surface area (Å²) < 4.78 is 5.84. The average molecular weight is 504 g/mol. The van der Waals surface area contributed by atoms with Crippen LogP contribution in [0.1, 0.15) is 71.9 Å². The number of hydrogen-bond acceptors (Lipinski definition) is 4. The van der Waals surface area contributed by atoms with Crippen molar-refractivity contribution in [2.24, 2.45) is 0 Å². The number of benzene rings is 3. The van der Waals surface area contributed by atoms with Crippen molar-refractivity contribution in [1.29, 1.82) is 0 Å². The highest BCUT2D eigenvalue weighted by Gasteiger charge is 2.15. The zero-order valence-electron chi connectivity index (χ0n) is 20.8. The number of rotatable bonds is 11. The van der Waals surface area contributed by atoms with Crippen molar-refractivity contribution < 1.29 is 14.3 Å². The second-order valence-electron chi connectivity index (χ2n) is 8.50. The summed E-state index contributed by atoms with van der Waals surface area (Å²) in [5.41, 5.74) is 2.52. The Hall–Kier alpha value is -3.71. The van der Waals surface area contributed by atoms with Gasteiger partial charge in [0.1, 0.15) is 5.75 Å². The van der Waals surface area contributed by atoms with E-state index < -0.39 is 0 Å². The Labute approximate surface area is 218 Å². The third-order valence-electron chi connectivity index (χ3n) is 5.64. The fourth-order valence-corrected chi connectivity index (χ4v) is 3.88. The molecule has 0 aliphatic heterocycles. The Morgan fingerprint density at radius 3 is 2.42 bits per heavy atom. The number of amides is 2. The molecule has 0 heterocycles. The number of hydrogen-bond donors (Lipinski definition) is 3. The number of nitrogens with one attached hydrogen (secondary N) is 3. The van der Waals surface area contributed by atoms with Gasteiger partial charge in [-0.3, -0.25) is 14.9 Å². The van der Waals surface area contributed by atoms with Crippen LogP contribution in [-0.2, 0) is 0 Å². The molecule has 3 N–H and O–H groups in total. The third kappa shape index (κ3) is 8.20. The van der Waals surface area contributed by atoms with Crippen LogP contribution in [-0.4, -0.2) is 23.5 Å². The molecule has 3 aromatic rings. The monoisotopic (exact) mass is 503 g/mol. The number of anilines is 1. The lowest BCUT2D eigenvalue weighted by Crippen LogP contribution is -2.34. The minimum atomic E-state index is -0.359. The Kier molecular flexibility index (Phi) is 10.5. The Morgan fingerprint density at radius 1 is 0.889 bits per heavy atom. The summed E-state index contributed by atoms with van der Waals surface area (Å²) in [7, 11) is 0. The zero-order valence-corrected chi connectivity index (χ0v) is 21.6. The molecular weight excluding hydrogens is 470 g/mol. The predicted octanol–water partition coefficient (Wildman–Crippen LogP) is 6.26. The van der Waals surface area contributed by atoms with Gasteiger partial charge in [0.25, 0.3) is 11.8 Å². The molecule has 0 aliphatic carbocycles. The lowest BCUT2D eigenvalue weighted by atomic mass is 10.1. The van der Waals surface area contributed by atoms with Crippen molar-refractivity contribution in [3.63, 3.8) is 0 Å². The summed E-state index contributed by atoms with van der Waals surface area (Å²) in [4.78, 5) is 25.6. The predicted molar refractivity (Wildman–Crippen MR) is 149 cm³/mol. The minimum absolute atomic E-state index is 0.132. The topological polar surface area (TPSA) is 79.5 Å². The molecular formula is C29H33N3O3S. The number of carbonyl (C=O) groups excluding carboxylic acids is 2. The molecule has 6 nitrogen and oxygen atoms in total. The number of thiocarbonyl (C=S) groups is 1. The van der Waals surface area contributed by atoms with Crippen LogP contribution in [0.4, 0.5) is 5.69 Å². The summed E-state index contributed by atoms with van der Waals surface area (Å²) in [5, 5.41) is 8.82. The Morgan fingerprint density at radius 2 is 1.64 bits per heavy atom. The van der Waals surface area contributed by atoms with E-state index in [0.29, 0.717) is 29.2 Å². The van der Waals surface area contributed by atoms with E-state index in [2.05, 4.69) is 22.9 Å². The van der Waals surface area contributed by atoms with Crippen LogP contribution >= 0.6 is 12.2 Å². The van der Waals surface area contributed by atoms with Gasteiger partial charge in [0, 0.05) is 11.3 Å². The molecule has 0 aliphatic rings. The first kappa shape index (κ1) is 26.9. The van der Waals surface area contributed by atoms with Gasteiger partial charge in [-0.1, -0.05) is 74.7 Å². The molecule has 188 valence electrons. The van der Waals surface area contributed by atoms with E-state index in [4.69, 9.17) is 17.0 Å². The highest BCUT2D eigenvalue weighted by Crippen LogP contribution is 2.19. The largest absolute Gasteiger partial charge is 0.493 e. The summed E-state index contributed by atoms with van der Waals surface area (Å²) in [6.07, 6.45) is 4.36. The van der Waals surface area contributed by atoms with Crippen molar-refractivity contribution in [2.75, 3.05) is 11.9 Å². The van der Waals surface area contributed by atoms with Crippen LogP contribution in [0, 0.1) is 0 Å². The highest BCUT2D eigenvalue weighted by atomic mass is 32.1. The van der Waals surface area contributed by atoms with Gasteiger partial charge < -0.3 is 15.4 Å². The van der Waals surface area contributed by atoms with Gasteiger partial charge in [0.2, 0.25) is 0 Å². The van der Waals surface area contributed by atoms with Gasteiger partial charge in [0.05, 0.1) is 18.2 Å². The van der Waals surface area contributed by atoms with Crippen molar-refractivity contribution in [3.8, 4) is 5.75 Å². The first-order chi connectivity index (χ1) is 17.5. The molecule has 0 aromatic heterocycles. The molecule has 36 heavy (non-hydrogen) atoms. The molecule has 0 fully saturated rings. The van der Waals surface area contributed by atoms with E-state index in [9.17, 15) is 9.59 Å². The fourth-order valence-electron chi connectivity index (χ4n) is 3.67. The van der Waals surface area contributed by atoms with Gasteiger partial charge in [0.15, 0.2) is 5.11 Å². The number of ether oxygens (including phenoxy) is 1. The van der Waals surface area contributed by atoms with Gasteiger partial charge in [-0.2, -0.15) is 0 Å². The third-order valence-corrected chi connectivity index (χ3v) is 5.85. The molecule has 0 saturated heterocycles. The molecule has 7 heteroatoms. The Bertz CT molecular complexity index is 1170. The molecule has 2 amide bonds. The first-order valence-corrected chi connectivity index (χ1v) is 12.7. The van der Waals surface area contributed by atoms with E-state index in [1.54, 1.807) is 42.5 Å². The Balaban J connectivity index is 1.56. The highest BCUT2D eigenvalue weighted by molar-refractivity contribution is 7.80. The summed E-state index contributed by atoms with van der Waals surface area (Å²) >= 11 is 5.35. The summed E-state index contributed by atoms with van der Waals surface area (Å²) in [5.74, 6) is -0.0299. The average Bonchev–Trinajstić information content (AvgIpc) is 2.89. The van der Waals surface area contributed by atoms with Crippen molar-refractivity contribution in [2.45, 2.75) is 45.6 Å². The second kappa shape index (κ2) is 14.0. The van der Waals surface area contributed by atoms with Crippen LogP contribution in [0.15, 0.2) is 78.9 Å². The van der Waals surface area contributed by atoms with Crippen molar-refractivity contribution in [1.82, 2.24) is 10.6 Å². The molecule has 3 aromatic carbocycles. The van der Waals surface area contributed by atoms with Crippen LogP contribution in [0.2, 0.25) is 0 Å². The summed E-state index contributed by atoms with van der Waals surface area (Å²) in [6.45, 7) is 4.66. The van der Waals surface area contributed by atoms with Gasteiger partial charge in [-0.25, -0.2) is 0 Å². The molecule has 3 rings (SSSR count). The molecule has 0 saturated carbocycles. The zero-order chi connectivity index (χ0) is 25.8. The van der Waals surface area contributed by atoms with Crippen LogP contribution in [0.5, 0.6) is 5.75 Å². The van der Waals surface area contributed by atoms with Crippen molar-refractivity contribution >= 4 is 34.8 Å². The van der Waals surface area contributed by atoms with Gasteiger partial charge in [-0.15, -0.1) is 0 Å². The number of carbonyl (C=O) groups is 2. The van der Waals surface area contributed by atoms with E-state index >= 15 is 0 Å². The molecule has 1 atom stereocenters.